The molecule has 6 nitrogen and oxygen atoms in total. The van der Waals surface area contributed by atoms with Crippen LogP contribution < -0.4 is 14.8 Å². The maximum absolute atomic E-state index is 12.5. The summed E-state index contributed by atoms with van der Waals surface area (Å²) < 4.78 is 16.4. The maximum atomic E-state index is 12.5. The van der Waals surface area contributed by atoms with Gasteiger partial charge in [0.25, 0.3) is 5.91 Å². The molecule has 1 aromatic rings. The molecule has 0 aliphatic carbocycles. The van der Waals surface area contributed by atoms with Crippen LogP contribution in [0.5, 0.6) is 11.5 Å². The third-order valence-corrected chi connectivity index (χ3v) is 4.56. The quantitative estimate of drug-likeness (QED) is 0.746. The van der Waals surface area contributed by atoms with Gasteiger partial charge in [0.05, 0.1) is 32.0 Å². The molecule has 0 bridgehead atoms. The number of carbonyl (C=O) groups is 1. The summed E-state index contributed by atoms with van der Waals surface area (Å²) in [5.41, 5.74) is 0.456. The third kappa shape index (κ3) is 5.76. The van der Waals surface area contributed by atoms with Gasteiger partial charge in [-0.1, -0.05) is 25.4 Å². The molecule has 146 valence electrons. The first-order valence-corrected chi connectivity index (χ1v) is 9.40. The molecule has 1 fully saturated rings. The molecular formula is C19H29ClN2O4. The van der Waals surface area contributed by atoms with Gasteiger partial charge in [-0.05, 0) is 25.0 Å². The summed E-state index contributed by atoms with van der Waals surface area (Å²) in [5.74, 6) is 1.12. The highest BCUT2D eigenvalue weighted by Crippen LogP contribution is 2.36. The van der Waals surface area contributed by atoms with Crippen molar-refractivity contribution in [2.45, 2.75) is 26.8 Å². The van der Waals surface area contributed by atoms with Gasteiger partial charge in [0.2, 0.25) is 0 Å². The van der Waals surface area contributed by atoms with Crippen molar-refractivity contribution in [2.75, 3.05) is 46.6 Å². The van der Waals surface area contributed by atoms with Crippen molar-refractivity contribution in [3.8, 4) is 11.5 Å². The molecule has 2 rings (SSSR count). The first-order valence-electron chi connectivity index (χ1n) is 9.02. The standard InChI is InChI=1S/C19H29ClN2O4/c1-13(2)12-26-18-16(20)9-15(10-17(18)24-4)19(23)21-11-14(3)22-5-7-25-8-6-22/h9-10,13-14H,5-8,11-12H2,1-4H3,(H,21,23). The van der Waals surface area contributed by atoms with Crippen LogP contribution in [-0.2, 0) is 4.74 Å². The number of hydrogen-bond donors (Lipinski definition) is 1. The topological polar surface area (TPSA) is 60.0 Å². The highest BCUT2D eigenvalue weighted by molar-refractivity contribution is 6.32. The Morgan fingerprint density at radius 2 is 2.00 bits per heavy atom. The van der Waals surface area contributed by atoms with E-state index in [2.05, 4.69) is 31.0 Å². The molecule has 0 aromatic heterocycles. The fraction of sp³-hybridized carbons (Fsp3) is 0.632. The minimum atomic E-state index is -0.180. The van der Waals surface area contributed by atoms with Crippen molar-refractivity contribution in [2.24, 2.45) is 5.92 Å². The lowest BCUT2D eigenvalue weighted by atomic mass is 10.1. The van der Waals surface area contributed by atoms with Crippen LogP contribution in [0, 0.1) is 5.92 Å². The van der Waals surface area contributed by atoms with E-state index in [0.29, 0.717) is 41.2 Å². The van der Waals surface area contributed by atoms with E-state index in [-0.39, 0.29) is 11.9 Å². The van der Waals surface area contributed by atoms with Crippen LogP contribution in [-0.4, -0.2) is 63.4 Å². The Hall–Kier alpha value is -1.50. The van der Waals surface area contributed by atoms with E-state index in [1.165, 1.54) is 7.11 Å². The summed E-state index contributed by atoms with van der Waals surface area (Å²) in [5, 5.41) is 3.34. The van der Waals surface area contributed by atoms with Gasteiger partial charge in [0.15, 0.2) is 11.5 Å². The van der Waals surface area contributed by atoms with Gasteiger partial charge >= 0.3 is 0 Å². The molecule has 1 amide bonds. The van der Waals surface area contributed by atoms with Crippen LogP contribution in [0.3, 0.4) is 0 Å². The number of methoxy groups -OCH3 is 1. The summed E-state index contributed by atoms with van der Waals surface area (Å²) >= 11 is 6.32. The molecule has 7 heteroatoms. The van der Waals surface area contributed by atoms with Crippen molar-refractivity contribution in [3.05, 3.63) is 22.7 Å². The van der Waals surface area contributed by atoms with Crippen molar-refractivity contribution in [1.29, 1.82) is 0 Å². The van der Waals surface area contributed by atoms with Crippen LogP contribution in [0.25, 0.3) is 0 Å². The van der Waals surface area contributed by atoms with Crippen molar-refractivity contribution in [3.63, 3.8) is 0 Å². The van der Waals surface area contributed by atoms with E-state index < -0.39 is 0 Å². The van der Waals surface area contributed by atoms with Crippen molar-refractivity contribution in [1.82, 2.24) is 10.2 Å². The van der Waals surface area contributed by atoms with Gasteiger partial charge in [-0.2, -0.15) is 0 Å². The van der Waals surface area contributed by atoms with Gasteiger partial charge in [-0.15, -0.1) is 0 Å². The predicted octanol–water partition coefficient (Wildman–Crippen LogP) is 2.83. The highest BCUT2D eigenvalue weighted by atomic mass is 35.5. The van der Waals surface area contributed by atoms with Gasteiger partial charge in [-0.3, -0.25) is 9.69 Å². The fourth-order valence-electron chi connectivity index (χ4n) is 2.73. The first kappa shape index (κ1) is 20.8. The number of nitrogens with one attached hydrogen (secondary N) is 1. The van der Waals surface area contributed by atoms with E-state index in [4.69, 9.17) is 25.8 Å². The number of nitrogens with zero attached hydrogens (tertiary/aromatic N) is 1. The lowest BCUT2D eigenvalue weighted by Gasteiger charge is -2.32. The second kappa shape index (κ2) is 10.00. The monoisotopic (exact) mass is 384 g/mol. The van der Waals surface area contributed by atoms with Crippen LogP contribution >= 0.6 is 11.6 Å². The van der Waals surface area contributed by atoms with Crippen molar-refractivity contribution < 1.29 is 19.0 Å². The van der Waals surface area contributed by atoms with Crippen molar-refractivity contribution >= 4 is 17.5 Å². The second-order valence-corrected chi connectivity index (χ2v) is 7.31. The van der Waals surface area contributed by atoms with E-state index in [9.17, 15) is 4.79 Å². The number of amides is 1. The molecule has 0 spiro atoms. The van der Waals surface area contributed by atoms with Gasteiger partial charge in [0.1, 0.15) is 0 Å². The Kier molecular flexibility index (Phi) is 8.00. The highest BCUT2D eigenvalue weighted by Gasteiger charge is 2.19. The van der Waals surface area contributed by atoms with Crippen LogP contribution in [0.4, 0.5) is 0 Å². The average molecular weight is 385 g/mol. The number of ether oxygens (including phenoxy) is 3. The first-order chi connectivity index (χ1) is 12.4. The zero-order valence-electron chi connectivity index (χ0n) is 16.0. The zero-order chi connectivity index (χ0) is 19.1. The van der Waals surface area contributed by atoms with E-state index in [1.807, 2.05) is 0 Å². The maximum Gasteiger partial charge on any atom is 0.251 e. The Morgan fingerprint density at radius 3 is 2.62 bits per heavy atom. The molecule has 0 radical (unpaired) electrons. The number of carbonyl (C=O) groups excluding carboxylic acids is 1. The Labute approximate surface area is 160 Å². The molecular weight excluding hydrogens is 356 g/mol. The van der Waals surface area contributed by atoms with Gasteiger partial charge in [0, 0.05) is 31.2 Å². The molecule has 1 N–H and O–H groups in total. The smallest absolute Gasteiger partial charge is 0.251 e. The number of rotatable bonds is 8. The van der Waals surface area contributed by atoms with Gasteiger partial charge < -0.3 is 19.5 Å². The summed E-state index contributed by atoms with van der Waals surface area (Å²) in [6.07, 6.45) is 0. The zero-order valence-corrected chi connectivity index (χ0v) is 16.8. The number of hydrogen-bond acceptors (Lipinski definition) is 5. The number of morpholine rings is 1. The molecule has 1 aliphatic rings. The number of benzene rings is 1. The van der Waals surface area contributed by atoms with Crippen LogP contribution in [0.15, 0.2) is 12.1 Å². The fourth-order valence-corrected chi connectivity index (χ4v) is 3.00. The third-order valence-electron chi connectivity index (χ3n) is 4.28. The summed E-state index contributed by atoms with van der Waals surface area (Å²) in [6.45, 7) is 10.5. The van der Waals surface area contributed by atoms with Gasteiger partial charge in [-0.25, -0.2) is 0 Å². The minimum absolute atomic E-state index is 0.180. The minimum Gasteiger partial charge on any atom is -0.493 e. The normalized spacial score (nSPS) is 16.4. The molecule has 0 saturated carbocycles. The Balaban J connectivity index is 2.00. The molecule has 1 heterocycles. The molecule has 1 unspecified atom stereocenters. The lowest BCUT2D eigenvalue weighted by Crippen LogP contribution is -2.47. The Bertz CT molecular complexity index is 603. The molecule has 1 aliphatic heterocycles. The SMILES string of the molecule is COc1cc(C(=O)NCC(C)N2CCOCC2)cc(Cl)c1OCC(C)C. The van der Waals surface area contributed by atoms with E-state index >= 15 is 0 Å². The molecule has 26 heavy (non-hydrogen) atoms. The molecule has 1 atom stereocenters. The predicted molar refractivity (Wildman–Crippen MR) is 103 cm³/mol. The van der Waals surface area contributed by atoms with Crippen LogP contribution in [0.1, 0.15) is 31.1 Å². The second-order valence-electron chi connectivity index (χ2n) is 6.90. The Morgan fingerprint density at radius 1 is 1.31 bits per heavy atom. The van der Waals surface area contributed by atoms with E-state index in [1.54, 1.807) is 12.1 Å². The summed E-state index contributed by atoms with van der Waals surface area (Å²) in [7, 11) is 1.54. The largest absolute Gasteiger partial charge is 0.493 e. The lowest BCUT2D eigenvalue weighted by molar-refractivity contribution is 0.0204. The van der Waals surface area contributed by atoms with Crippen LogP contribution in [0.2, 0.25) is 5.02 Å². The number of halogens is 1. The summed E-state index contributed by atoms with van der Waals surface area (Å²) in [4.78, 5) is 14.8. The average Bonchev–Trinajstić information content (AvgIpc) is 2.64. The molecule has 1 saturated heterocycles. The summed E-state index contributed by atoms with van der Waals surface area (Å²) in [6, 6.07) is 3.53. The van der Waals surface area contributed by atoms with E-state index in [0.717, 1.165) is 26.3 Å². The molecule has 1 aromatic carbocycles.